The van der Waals surface area contributed by atoms with Crippen LogP contribution in [-0.2, 0) is 14.3 Å². The summed E-state index contributed by atoms with van der Waals surface area (Å²) < 4.78 is 5.27. The number of rotatable bonds is 1. The van der Waals surface area contributed by atoms with Crippen molar-refractivity contribution in [2.75, 3.05) is 13.1 Å². The highest BCUT2D eigenvalue weighted by atomic mass is 16.6. The molecule has 0 saturated carbocycles. The van der Waals surface area contributed by atoms with Crippen molar-refractivity contribution in [1.82, 2.24) is 10.2 Å². The highest BCUT2D eigenvalue weighted by molar-refractivity contribution is 5.92. The normalized spacial score (nSPS) is 29.6. The second kappa shape index (κ2) is 4.64. The third kappa shape index (κ3) is 2.71. The molecule has 2 heterocycles. The van der Waals surface area contributed by atoms with Crippen LogP contribution in [0.2, 0.25) is 0 Å². The van der Waals surface area contributed by atoms with Gasteiger partial charge in [-0.25, -0.2) is 9.59 Å². The molecule has 0 radical (unpaired) electrons. The molecular formula is C13H20N2O5. The lowest BCUT2D eigenvalue weighted by molar-refractivity contribution is -0.140. The van der Waals surface area contributed by atoms with E-state index < -0.39 is 29.1 Å². The highest BCUT2D eigenvalue weighted by Crippen LogP contribution is 2.39. The number of nitrogens with zero attached hydrogens (tertiary/aromatic N) is 1. The van der Waals surface area contributed by atoms with E-state index in [1.54, 1.807) is 20.8 Å². The van der Waals surface area contributed by atoms with Crippen molar-refractivity contribution in [3.63, 3.8) is 0 Å². The van der Waals surface area contributed by atoms with Crippen LogP contribution in [0, 0.1) is 5.41 Å². The minimum absolute atomic E-state index is 0.220. The molecule has 20 heavy (non-hydrogen) atoms. The van der Waals surface area contributed by atoms with Crippen LogP contribution < -0.4 is 5.32 Å². The van der Waals surface area contributed by atoms with Crippen molar-refractivity contribution in [2.24, 2.45) is 5.41 Å². The summed E-state index contributed by atoms with van der Waals surface area (Å²) in [5.41, 5.74) is -1.37. The number of ether oxygens (including phenoxy) is 1. The Balaban J connectivity index is 2.03. The number of hydrogen-bond acceptors (Lipinski definition) is 4. The van der Waals surface area contributed by atoms with Gasteiger partial charge in [0.15, 0.2) is 0 Å². The van der Waals surface area contributed by atoms with Gasteiger partial charge in [-0.15, -0.1) is 0 Å². The predicted octanol–water partition coefficient (Wildman–Crippen LogP) is 0.587. The zero-order valence-corrected chi connectivity index (χ0v) is 11.9. The number of aliphatic carboxylic acids is 1. The molecule has 2 N–H and O–H groups in total. The van der Waals surface area contributed by atoms with E-state index in [4.69, 9.17) is 9.84 Å². The Morgan fingerprint density at radius 1 is 1.45 bits per heavy atom. The second-order valence-electron chi connectivity index (χ2n) is 6.50. The Hall–Kier alpha value is -1.79. The minimum atomic E-state index is -1.04. The first-order chi connectivity index (χ1) is 9.13. The number of nitrogens with one attached hydrogen (secondary N) is 1. The lowest BCUT2D eigenvalue weighted by atomic mass is 9.84. The van der Waals surface area contributed by atoms with E-state index in [9.17, 15) is 14.4 Å². The van der Waals surface area contributed by atoms with E-state index in [0.29, 0.717) is 13.0 Å². The van der Waals surface area contributed by atoms with E-state index in [1.165, 1.54) is 4.90 Å². The second-order valence-corrected chi connectivity index (χ2v) is 6.50. The van der Waals surface area contributed by atoms with E-state index >= 15 is 0 Å². The summed E-state index contributed by atoms with van der Waals surface area (Å²) >= 11 is 0. The summed E-state index contributed by atoms with van der Waals surface area (Å²) in [5.74, 6) is -1.32. The Morgan fingerprint density at radius 3 is 2.60 bits per heavy atom. The van der Waals surface area contributed by atoms with Gasteiger partial charge in [-0.2, -0.15) is 0 Å². The molecular weight excluding hydrogens is 264 g/mol. The van der Waals surface area contributed by atoms with Gasteiger partial charge in [-0.3, -0.25) is 4.79 Å². The summed E-state index contributed by atoms with van der Waals surface area (Å²) in [6.07, 6.45) is 0.239. The van der Waals surface area contributed by atoms with Crippen molar-refractivity contribution >= 4 is 18.0 Å². The van der Waals surface area contributed by atoms with Gasteiger partial charge < -0.3 is 20.1 Å². The maximum atomic E-state index is 12.0. The van der Waals surface area contributed by atoms with E-state index in [2.05, 4.69) is 5.32 Å². The van der Waals surface area contributed by atoms with E-state index in [0.717, 1.165) is 0 Å². The Bertz CT molecular complexity index is 456. The molecule has 112 valence electrons. The third-order valence-electron chi connectivity index (χ3n) is 3.69. The van der Waals surface area contributed by atoms with Crippen LogP contribution in [0.1, 0.15) is 33.6 Å². The van der Waals surface area contributed by atoms with Crippen molar-refractivity contribution in [2.45, 2.75) is 45.3 Å². The van der Waals surface area contributed by atoms with Crippen LogP contribution in [0.15, 0.2) is 0 Å². The van der Waals surface area contributed by atoms with Crippen LogP contribution in [0.25, 0.3) is 0 Å². The van der Waals surface area contributed by atoms with Crippen LogP contribution in [0.5, 0.6) is 0 Å². The number of likely N-dealkylation sites (tertiary alicyclic amines) is 1. The molecule has 2 unspecified atom stereocenters. The van der Waals surface area contributed by atoms with Gasteiger partial charge in [0.1, 0.15) is 11.6 Å². The maximum Gasteiger partial charge on any atom is 0.410 e. The van der Waals surface area contributed by atoms with Gasteiger partial charge >= 0.3 is 12.1 Å². The lowest BCUT2D eigenvalue weighted by Crippen LogP contribution is -2.39. The number of amides is 2. The molecule has 0 bridgehead atoms. The van der Waals surface area contributed by atoms with Crippen LogP contribution in [0.4, 0.5) is 4.79 Å². The number of carboxylic acid groups (broad SMARTS) is 1. The molecule has 2 fully saturated rings. The summed E-state index contributed by atoms with van der Waals surface area (Å²) in [5, 5.41) is 11.5. The van der Waals surface area contributed by atoms with Crippen LogP contribution in [0.3, 0.4) is 0 Å². The highest BCUT2D eigenvalue weighted by Gasteiger charge is 2.53. The summed E-state index contributed by atoms with van der Waals surface area (Å²) in [7, 11) is 0. The molecule has 2 rings (SSSR count). The monoisotopic (exact) mass is 284 g/mol. The van der Waals surface area contributed by atoms with E-state index in [1.807, 2.05) is 0 Å². The number of carbonyl (C=O) groups excluding carboxylic acids is 2. The van der Waals surface area contributed by atoms with Gasteiger partial charge in [-0.1, -0.05) is 0 Å². The molecule has 0 aliphatic carbocycles. The topological polar surface area (TPSA) is 95.9 Å². The molecule has 0 aromatic carbocycles. The van der Waals surface area contributed by atoms with Gasteiger partial charge in [0.05, 0.1) is 5.41 Å². The first kappa shape index (κ1) is 14.6. The fourth-order valence-electron chi connectivity index (χ4n) is 2.70. The lowest BCUT2D eigenvalue weighted by Gasteiger charge is -2.25. The van der Waals surface area contributed by atoms with Crippen molar-refractivity contribution in [3.8, 4) is 0 Å². The van der Waals surface area contributed by atoms with Crippen molar-refractivity contribution in [3.05, 3.63) is 0 Å². The van der Waals surface area contributed by atoms with E-state index in [-0.39, 0.29) is 18.9 Å². The largest absolute Gasteiger partial charge is 0.480 e. The summed E-state index contributed by atoms with van der Waals surface area (Å²) in [6, 6.07) is -0.860. The average molecular weight is 284 g/mol. The smallest absolute Gasteiger partial charge is 0.410 e. The fourth-order valence-corrected chi connectivity index (χ4v) is 2.70. The number of carboxylic acids is 1. The number of hydrogen-bond donors (Lipinski definition) is 2. The third-order valence-corrected chi connectivity index (χ3v) is 3.69. The number of carbonyl (C=O) groups is 3. The fraction of sp³-hybridized carbons (Fsp3) is 0.769. The van der Waals surface area contributed by atoms with Gasteiger partial charge in [-0.05, 0) is 33.6 Å². The molecule has 0 aromatic rings. The Labute approximate surface area is 117 Å². The molecule has 2 saturated heterocycles. The molecule has 2 aliphatic heterocycles. The molecule has 1 spiro atoms. The Kier molecular flexibility index (Phi) is 3.39. The maximum absolute atomic E-state index is 12.0. The SMILES string of the molecule is CC(C)(C)OC(=O)N1CCC2(CC(C(=O)O)NC2=O)C1. The molecule has 7 heteroatoms. The first-order valence-corrected chi connectivity index (χ1v) is 6.65. The van der Waals surface area contributed by atoms with Crippen molar-refractivity contribution < 1.29 is 24.2 Å². The molecule has 7 nitrogen and oxygen atoms in total. The van der Waals surface area contributed by atoms with Crippen molar-refractivity contribution in [1.29, 1.82) is 0 Å². The standard InChI is InChI=1S/C13H20N2O5/c1-12(2,3)20-11(19)15-5-4-13(7-15)6-8(9(16)17)14-10(13)18/h8H,4-7H2,1-3H3,(H,14,18)(H,16,17). The van der Waals surface area contributed by atoms with Gasteiger partial charge in [0.2, 0.25) is 5.91 Å². The first-order valence-electron chi connectivity index (χ1n) is 6.65. The van der Waals surface area contributed by atoms with Crippen LogP contribution >= 0.6 is 0 Å². The summed E-state index contributed by atoms with van der Waals surface area (Å²) in [6.45, 7) is 5.96. The predicted molar refractivity (Wildman–Crippen MR) is 69.0 cm³/mol. The molecule has 0 aromatic heterocycles. The molecule has 2 atom stereocenters. The quantitative estimate of drug-likeness (QED) is 0.734. The molecule has 2 aliphatic rings. The summed E-state index contributed by atoms with van der Waals surface area (Å²) in [4.78, 5) is 36.4. The average Bonchev–Trinajstić information content (AvgIpc) is 2.84. The van der Waals surface area contributed by atoms with Crippen LogP contribution in [-0.4, -0.2) is 52.7 Å². The zero-order valence-electron chi connectivity index (χ0n) is 11.9. The minimum Gasteiger partial charge on any atom is -0.480 e. The van der Waals surface area contributed by atoms with Gasteiger partial charge in [0, 0.05) is 13.1 Å². The Morgan fingerprint density at radius 2 is 2.10 bits per heavy atom. The van der Waals surface area contributed by atoms with Gasteiger partial charge in [0.25, 0.3) is 0 Å². The molecule has 2 amide bonds. The zero-order chi connectivity index (χ0) is 15.1.